The number of anilines is 1. The maximum absolute atomic E-state index is 6.11. The molecule has 2 aromatic rings. The van der Waals surface area contributed by atoms with Crippen LogP contribution in [0, 0.1) is 0 Å². The normalized spacial score (nSPS) is 10.6. The van der Waals surface area contributed by atoms with Crippen molar-refractivity contribution in [3.05, 3.63) is 38.8 Å². The second-order valence-corrected chi connectivity index (χ2v) is 5.04. The summed E-state index contributed by atoms with van der Waals surface area (Å²) in [6.07, 6.45) is 1.65. The van der Waals surface area contributed by atoms with E-state index in [2.05, 4.69) is 31.4 Å². The predicted octanol–water partition coefficient (Wildman–Crippen LogP) is 3.50. The third kappa shape index (κ3) is 2.73. The molecule has 0 aliphatic carbocycles. The van der Waals surface area contributed by atoms with Crippen LogP contribution in [0.5, 0.6) is 0 Å². The van der Waals surface area contributed by atoms with E-state index in [0.29, 0.717) is 16.6 Å². The standard InChI is InChI=1S/C10H9BrCl2N4/c1-17-5-15-16-8(17)4-14-7-3-2-6(11)9(12)10(7)13/h2-3,5,14H,4H2,1H3. The Morgan fingerprint density at radius 3 is 2.76 bits per heavy atom. The number of aryl methyl sites for hydroxylation is 1. The minimum atomic E-state index is 0.489. The smallest absolute Gasteiger partial charge is 0.151 e. The van der Waals surface area contributed by atoms with Crippen LogP contribution in [0.1, 0.15) is 5.82 Å². The minimum absolute atomic E-state index is 0.489. The van der Waals surface area contributed by atoms with Crippen molar-refractivity contribution in [3.63, 3.8) is 0 Å². The summed E-state index contributed by atoms with van der Waals surface area (Å²) in [6, 6.07) is 3.70. The molecule has 2 rings (SSSR count). The van der Waals surface area contributed by atoms with Crippen LogP contribution in [0.3, 0.4) is 0 Å². The van der Waals surface area contributed by atoms with Crippen LogP contribution < -0.4 is 5.32 Å². The lowest BCUT2D eigenvalue weighted by molar-refractivity contribution is 0.812. The molecular weight excluding hydrogens is 327 g/mol. The van der Waals surface area contributed by atoms with Crippen molar-refractivity contribution in [2.24, 2.45) is 7.05 Å². The van der Waals surface area contributed by atoms with Gasteiger partial charge in [-0.15, -0.1) is 10.2 Å². The molecule has 7 heteroatoms. The number of benzene rings is 1. The zero-order valence-electron chi connectivity index (χ0n) is 8.91. The number of hydrogen-bond acceptors (Lipinski definition) is 3. The van der Waals surface area contributed by atoms with E-state index in [-0.39, 0.29) is 0 Å². The summed E-state index contributed by atoms with van der Waals surface area (Å²) in [4.78, 5) is 0. The lowest BCUT2D eigenvalue weighted by Gasteiger charge is -2.09. The van der Waals surface area contributed by atoms with Crippen LogP contribution in [0.4, 0.5) is 5.69 Å². The Labute approximate surface area is 117 Å². The van der Waals surface area contributed by atoms with Gasteiger partial charge in [-0.25, -0.2) is 0 Å². The van der Waals surface area contributed by atoms with Gasteiger partial charge in [0.25, 0.3) is 0 Å². The summed E-state index contributed by atoms with van der Waals surface area (Å²) >= 11 is 15.4. The first kappa shape index (κ1) is 12.7. The first-order valence-electron chi connectivity index (χ1n) is 4.80. The van der Waals surface area contributed by atoms with Gasteiger partial charge in [-0.05, 0) is 28.1 Å². The van der Waals surface area contributed by atoms with Gasteiger partial charge < -0.3 is 9.88 Å². The van der Waals surface area contributed by atoms with Gasteiger partial charge in [-0.1, -0.05) is 23.2 Å². The molecule has 0 saturated carbocycles. The molecule has 0 aliphatic heterocycles. The Hall–Kier alpha value is -0.780. The largest absolute Gasteiger partial charge is 0.376 e. The fraction of sp³-hybridized carbons (Fsp3) is 0.200. The highest BCUT2D eigenvalue weighted by atomic mass is 79.9. The van der Waals surface area contributed by atoms with E-state index in [1.165, 1.54) is 0 Å². The average Bonchev–Trinajstić information content (AvgIpc) is 2.71. The SMILES string of the molecule is Cn1cnnc1CNc1ccc(Br)c(Cl)c1Cl. The Balaban J connectivity index is 2.15. The monoisotopic (exact) mass is 334 g/mol. The molecule has 4 nitrogen and oxygen atoms in total. The average molecular weight is 336 g/mol. The minimum Gasteiger partial charge on any atom is -0.376 e. The highest BCUT2D eigenvalue weighted by molar-refractivity contribution is 9.10. The van der Waals surface area contributed by atoms with Crippen LogP contribution in [-0.2, 0) is 13.6 Å². The molecule has 90 valence electrons. The van der Waals surface area contributed by atoms with Gasteiger partial charge in [-0.3, -0.25) is 0 Å². The summed E-state index contributed by atoms with van der Waals surface area (Å²) in [5.41, 5.74) is 0.767. The molecule has 0 saturated heterocycles. The van der Waals surface area contributed by atoms with E-state index in [9.17, 15) is 0 Å². The first-order chi connectivity index (χ1) is 8.09. The molecule has 1 aromatic carbocycles. The number of aromatic nitrogens is 3. The molecule has 0 amide bonds. The van der Waals surface area contributed by atoms with Gasteiger partial charge in [0.15, 0.2) is 5.82 Å². The molecule has 17 heavy (non-hydrogen) atoms. The van der Waals surface area contributed by atoms with Crippen LogP contribution in [0.25, 0.3) is 0 Å². The number of rotatable bonds is 3. The van der Waals surface area contributed by atoms with Crippen molar-refractivity contribution >= 4 is 44.8 Å². The zero-order chi connectivity index (χ0) is 12.4. The Bertz CT molecular complexity index is 541. The van der Waals surface area contributed by atoms with E-state index in [0.717, 1.165) is 16.0 Å². The Morgan fingerprint density at radius 1 is 1.35 bits per heavy atom. The second-order valence-electron chi connectivity index (χ2n) is 3.43. The number of nitrogens with one attached hydrogen (secondary N) is 1. The van der Waals surface area contributed by atoms with Gasteiger partial charge in [0.05, 0.1) is 22.3 Å². The summed E-state index contributed by atoms with van der Waals surface area (Å²) in [6.45, 7) is 0.536. The zero-order valence-corrected chi connectivity index (χ0v) is 12.0. The van der Waals surface area contributed by atoms with E-state index < -0.39 is 0 Å². The molecule has 0 bridgehead atoms. The summed E-state index contributed by atoms with van der Waals surface area (Å²) in [7, 11) is 1.88. The maximum Gasteiger partial charge on any atom is 0.151 e. The van der Waals surface area contributed by atoms with Gasteiger partial charge in [-0.2, -0.15) is 0 Å². The fourth-order valence-corrected chi connectivity index (χ4v) is 2.14. The van der Waals surface area contributed by atoms with Crippen LogP contribution in [0.15, 0.2) is 22.9 Å². The lowest BCUT2D eigenvalue weighted by atomic mass is 10.3. The van der Waals surface area contributed by atoms with Crippen molar-refractivity contribution in [3.8, 4) is 0 Å². The maximum atomic E-state index is 6.11. The van der Waals surface area contributed by atoms with Crippen molar-refractivity contribution in [2.75, 3.05) is 5.32 Å². The third-order valence-corrected chi connectivity index (χ3v) is 4.05. The molecule has 0 unspecified atom stereocenters. The van der Waals surface area contributed by atoms with Gasteiger partial charge in [0, 0.05) is 11.5 Å². The van der Waals surface area contributed by atoms with E-state index in [1.807, 2.05) is 23.7 Å². The quantitative estimate of drug-likeness (QED) is 0.873. The van der Waals surface area contributed by atoms with Crippen LogP contribution >= 0.6 is 39.1 Å². The molecule has 1 heterocycles. The number of hydrogen-bond donors (Lipinski definition) is 1. The number of nitrogens with zero attached hydrogens (tertiary/aromatic N) is 3. The Kier molecular flexibility index (Phi) is 3.91. The van der Waals surface area contributed by atoms with Crippen molar-refractivity contribution < 1.29 is 0 Å². The molecule has 0 spiro atoms. The summed E-state index contributed by atoms with van der Waals surface area (Å²) in [5, 5.41) is 11.9. The molecule has 0 atom stereocenters. The van der Waals surface area contributed by atoms with Crippen molar-refractivity contribution in [1.82, 2.24) is 14.8 Å². The molecule has 0 radical (unpaired) electrons. The molecule has 0 aliphatic rings. The highest BCUT2D eigenvalue weighted by Crippen LogP contribution is 2.35. The summed E-state index contributed by atoms with van der Waals surface area (Å²) in [5.74, 6) is 0.820. The predicted molar refractivity (Wildman–Crippen MR) is 72.5 cm³/mol. The number of halogens is 3. The van der Waals surface area contributed by atoms with Crippen LogP contribution in [0.2, 0.25) is 10.0 Å². The second kappa shape index (κ2) is 5.25. The van der Waals surface area contributed by atoms with E-state index in [4.69, 9.17) is 23.2 Å². The lowest BCUT2D eigenvalue weighted by Crippen LogP contribution is -2.06. The molecule has 1 aromatic heterocycles. The topological polar surface area (TPSA) is 42.7 Å². The fourth-order valence-electron chi connectivity index (χ4n) is 1.30. The molecule has 0 fully saturated rings. The van der Waals surface area contributed by atoms with Crippen molar-refractivity contribution in [2.45, 2.75) is 6.54 Å². The molecular formula is C10H9BrCl2N4. The van der Waals surface area contributed by atoms with Gasteiger partial charge >= 0.3 is 0 Å². The Morgan fingerprint density at radius 2 is 2.12 bits per heavy atom. The van der Waals surface area contributed by atoms with E-state index in [1.54, 1.807) is 6.33 Å². The van der Waals surface area contributed by atoms with Gasteiger partial charge in [0.1, 0.15) is 6.33 Å². The van der Waals surface area contributed by atoms with E-state index >= 15 is 0 Å². The third-order valence-electron chi connectivity index (χ3n) is 2.28. The van der Waals surface area contributed by atoms with Gasteiger partial charge in [0.2, 0.25) is 0 Å². The van der Waals surface area contributed by atoms with Crippen LogP contribution in [-0.4, -0.2) is 14.8 Å². The highest BCUT2D eigenvalue weighted by Gasteiger charge is 2.09. The summed E-state index contributed by atoms with van der Waals surface area (Å²) < 4.78 is 2.61. The molecule has 1 N–H and O–H groups in total. The van der Waals surface area contributed by atoms with Crippen molar-refractivity contribution in [1.29, 1.82) is 0 Å². The first-order valence-corrected chi connectivity index (χ1v) is 6.34.